The van der Waals surface area contributed by atoms with Gasteiger partial charge in [-0.05, 0) is 72.9 Å². The molecular formula is C25H20N4O2. The highest BCUT2D eigenvalue weighted by atomic mass is 16.5. The largest absolute Gasteiger partial charge is 0.497 e. The van der Waals surface area contributed by atoms with Gasteiger partial charge in [0.05, 0.1) is 18.0 Å². The summed E-state index contributed by atoms with van der Waals surface area (Å²) >= 11 is 0. The summed E-state index contributed by atoms with van der Waals surface area (Å²) in [4.78, 5) is 16.9. The number of aromatic amines is 1. The molecule has 0 spiro atoms. The zero-order valence-electron chi connectivity index (χ0n) is 17.2. The summed E-state index contributed by atoms with van der Waals surface area (Å²) in [6.07, 6.45) is 4.00. The van der Waals surface area contributed by atoms with Gasteiger partial charge in [-0.3, -0.25) is 14.9 Å². The van der Waals surface area contributed by atoms with Crippen LogP contribution in [0, 0.1) is 11.8 Å². The minimum absolute atomic E-state index is 0.0131. The lowest BCUT2D eigenvalue weighted by molar-refractivity contribution is -0.120. The number of hydrogen-bond donors (Lipinski definition) is 2. The number of nitrogens with zero attached hydrogens (tertiary/aromatic N) is 2. The fourth-order valence-corrected chi connectivity index (χ4v) is 4.02. The molecule has 1 unspecified atom stereocenters. The van der Waals surface area contributed by atoms with E-state index in [1.54, 1.807) is 19.5 Å². The normalized spacial score (nSPS) is 17.0. The summed E-state index contributed by atoms with van der Waals surface area (Å²) in [5, 5.41) is 11.4. The highest BCUT2D eigenvalue weighted by Crippen LogP contribution is 2.42. The minimum atomic E-state index is -0.684. The first kappa shape index (κ1) is 18.9. The summed E-state index contributed by atoms with van der Waals surface area (Å²) < 4.78 is 5.36. The van der Waals surface area contributed by atoms with Crippen LogP contribution in [0.25, 0.3) is 10.9 Å². The van der Waals surface area contributed by atoms with Crippen molar-refractivity contribution in [1.29, 1.82) is 0 Å². The van der Waals surface area contributed by atoms with Gasteiger partial charge in [-0.15, -0.1) is 0 Å². The summed E-state index contributed by atoms with van der Waals surface area (Å²) in [6.45, 7) is 1.97. The number of rotatable bonds is 3. The molecule has 1 atom stereocenters. The number of methoxy groups -OCH3 is 1. The standard InChI is InChI=1S/C25H20N4O2/c1-25(20-13-18(31-2)7-10-22(20)27-24(25)30)14-17-5-8-19-21(28-29-23(19)12-17)9-6-16-4-3-11-26-15-16/h3-5,7-8,10-13,15H,14H2,1-2H3,(H,27,30)(H,28,29). The molecule has 31 heavy (non-hydrogen) atoms. The van der Waals surface area contributed by atoms with Crippen LogP contribution < -0.4 is 10.1 Å². The first-order chi connectivity index (χ1) is 15.1. The molecule has 1 aliphatic heterocycles. The second kappa shape index (κ2) is 7.29. The monoisotopic (exact) mass is 408 g/mol. The molecule has 0 aliphatic carbocycles. The molecule has 0 radical (unpaired) electrons. The number of benzene rings is 2. The second-order valence-corrected chi connectivity index (χ2v) is 7.82. The second-order valence-electron chi connectivity index (χ2n) is 7.82. The number of carbonyl (C=O) groups excluding carboxylic acids is 1. The van der Waals surface area contributed by atoms with Crippen LogP contribution in [-0.4, -0.2) is 28.2 Å². The Balaban J connectivity index is 1.46. The zero-order chi connectivity index (χ0) is 21.4. The number of fused-ring (bicyclic) bond motifs is 2. The molecule has 1 aliphatic rings. The van der Waals surface area contributed by atoms with Gasteiger partial charge in [0.1, 0.15) is 11.4 Å². The van der Waals surface area contributed by atoms with Gasteiger partial charge in [0, 0.05) is 29.0 Å². The predicted octanol–water partition coefficient (Wildman–Crippen LogP) is 3.82. The zero-order valence-corrected chi connectivity index (χ0v) is 17.2. The van der Waals surface area contributed by atoms with E-state index in [1.807, 2.05) is 55.5 Å². The van der Waals surface area contributed by atoms with Crippen molar-refractivity contribution in [3.63, 3.8) is 0 Å². The molecule has 3 heterocycles. The number of carbonyl (C=O) groups is 1. The molecule has 0 fully saturated rings. The van der Waals surface area contributed by atoms with Gasteiger partial charge in [-0.2, -0.15) is 5.10 Å². The smallest absolute Gasteiger partial charge is 0.235 e. The van der Waals surface area contributed by atoms with E-state index in [2.05, 4.69) is 32.3 Å². The van der Waals surface area contributed by atoms with E-state index in [-0.39, 0.29) is 5.91 Å². The van der Waals surface area contributed by atoms with Crippen LogP contribution >= 0.6 is 0 Å². The third-order valence-electron chi connectivity index (χ3n) is 5.74. The van der Waals surface area contributed by atoms with E-state index in [4.69, 9.17) is 4.74 Å². The van der Waals surface area contributed by atoms with E-state index in [1.165, 1.54) is 0 Å². The molecule has 6 heteroatoms. The molecule has 2 aromatic heterocycles. The Bertz CT molecular complexity index is 1360. The fourth-order valence-electron chi connectivity index (χ4n) is 4.02. The highest BCUT2D eigenvalue weighted by molar-refractivity contribution is 6.06. The first-order valence-electron chi connectivity index (χ1n) is 9.96. The van der Waals surface area contributed by atoms with Crippen LogP contribution in [0.3, 0.4) is 0 Å². The summed E-state index contributed by atoms with van der Waals surface area (Å²) in [6, 6.07) is 15.5. The summed E-state index contributed by atoms with van der Waals surface area (Å²) in [7, 11) is 1.63. The van der Waals surface area contributed by atoms with Crippen molar-refractivity contribution in [3.8, 4) is 17.6 Å². The number of hydrogen-bond acceptors (Lipinski definition) is 4. The molecule has 2 N–H and O–H groups in total. The molecule has 0 bridgehead atoms. The fraction of sp³-hybridized carbons (Fsp3) is 0.160. The molecule has 2 aromatic carbocycles. The van der Waals surface area contributed by atoms with Gasteiger partial charge in [0.15, 0.2) is 0 Å². The van der Waals surface area contributed by atoms with Crippen molar-refractivity contribution in [2.75, 3.05) is 12.4 Å². The number of nitrogens with one attached hydrogen (secondary N) is 2. The number of pyridine rings is 1. The molecule has 4 aromatic rings. The van der Waals surface area contributed by atoms with Crippen LogP contribution in [-0.2, 0) is 16.6 Å². The molecule has 1 amide bonds. The van der Waals surface area contributed by atoms with Crippen LogP contribution in [0.1, 0.15) is 29.3 Å². The maximum Gasteiger partial charge on any atom is 0.235 e. The first-order valence-corrected chi connectivity index (χ1v) is 9.96. The lowest BCUT2D eigenvalue weighted by atomic mass is 9.78. The van der Waals surface area contributed by atoms with Gasteiger partial charge in [-0.1, -0.05) is 12.0 Å². The number of H-pyrrole nitrogens is 1. The Kier molecular flexibility index (Phi) is 4.45. The van der Waals surface area contributed by atoms with Crippen molar-refractivity contribution in [3.05, 3.63) is 83.3 Å². The lowest BCUT2D eigenvalue weighted by Gasteiger charge is -2.22. The van der Waals surface area contributed by atoms with Gasteiger partial charge >= 0.3 is 0 Å². The Morgan fingerprint density at radius 2 is 2.03 bits per heavy atom. The molecular weight excluding hydrogens is 388 g/mol. The number of amides is 1. The quantitative estimate of drug-likeness (QED) is 0.505. The average Bonchev–Trinajstić information content (AvgIpc) is 3.30. The summed E-state index contributed by atoms with van der Waals surface area (Å²) in [5.41, 5.74) is 4.54. The Hall–Kier alpha value is -4.11. The van der Waals surface area contributed by atoms with Crippen LogP contribution in [0.5, 0.6) is 5.75 Å². The summed E-state index contributed by atoms with van der Waals surface area (Å²) in [5.74, 6) is 6.95. The highest BCUT2D eigenvalue weighted by Gasteiger charge is 2.43. The number of aromatic nitrogens is 3. The average molecular weight is 408 g/mol. The van der Waals surface area contributed by atoms with E-state index in [0.717, 1.165) is 44.7 Å². The van der Waals surface area contributed by atoms with Gasteiger partial charge < -0.3 is 10.1 Å². The van der Waals surface area contributed by atoms with Crippen molar-refractivity contribution >= 4 is 22.5 Å². The van der Waals surface area contributed by atoms with Gasteiger partial charge in [0.25, 0.3) is 0 Å². The Morgan fingerprint density at radius 3 is 2.84 bits per heavy atom. The molecule has 152 valence electrons. The SMILES string of the molecule is COc1ccc2c(c1)C(C)(Cc1ccc3c(C#Cc4cccnc4)[nH]nc3c1)C(=O)N2. The molecule has 5 rings (SSSR count). The predicted molar refractivity (Wildman–Crippen MR) is 119 cm³/mol. The van der Waals surface area contributed by atoms with E-state index in [0.29, 0.717) is 6.42 Å². The topological polar surface area (TPSA) is 79.9 Å². The van der Waals surface area contributed by atoms with Gasteiger partial charge in [-0.25, -0.2) is 0 Å². The Morgan fingerprint density at radius 1 is 1.13 bits per heavy atom. The maximum absolute atomic E-state index is 12.8. The molecule has 0 saturated carbocycles. The number of ether oxygens (including phenoxy) is 1. The van der Waals surface area contributed by atoms with E-state index in [9.17, 15) is 4.79 Å². The van der Waals surface area contributed by atoms with E-state index < -0.39 is 5.41 Å². The molecule has 6 nitrogen and oxygen atoms in total. The third-order valence-corrected chi connectivity index (χ3v) is 5.74. The lowest BCUT2D eigenvalue weighted by Crippen LogP contribution is -2.33. The maximum atomic E-state index is 12.8. The van der Waals surface area contributed by atoms with Crippen molar-refractivity contribution < 1.29 is 9.53 Å². The van der Waals surface area contributed by atoms with Crippen LogP contribution in [0.4, 0.5) is 5.69 Å². The molecule has 0 saturated heterocycles. The van der Waals surface area contributed by atoms with Crippen molar-refractivity contribution in [2.45, 2.75) is 18.8 Å². The van der Waals surface area contributed by atoms with Crippen molar-refractivity contribution in [1.82, 2.24) is 15.2 Å². The van der Waals surface area contributed by atoms with E-state index >= 15 is 0 Å². The third kappa shape index (κ3) is 3.30. The Labute approximate surface area is 179 Å². The van der Waals surface area contributed by atoms with Gasteiger partial charge in [0.2, 0.25) is 5.91 Å². The van der Waals surface area contributed by atoms with Crippen molar-refractivity contribution in [2.24, 2.45) is 0 Å². The van der Waals surface area contributed by atoms with Crippen LogP contribution in [0.2, 0.25) is 0 Å². The minimum Gasteiger partial charge on any atom is -0.497 e. The van der Waals surface area contributed by atoms with Crippen LogP contribution in [0.15, 0.2) is 60.9 Å². The number of anilines is 1.